The molecule has 3 rings (SSSR count). The van der Waals surface area contributed by atoms with Crippen molar-refractivity contribution in [3.05, 3.63) is 30.5 Å². The molecule has 0 aliphatic heterocycles. The van der Waals surface area contributed by atoms with Crippen LogP contribution < -0.4 is 10.2 Å². The Morgan fingerprint density at radius 3 is 2.65 bits per heavy atom. The zero-order valence-corrected chi connectivity index (χ0v) is 12.4. The van der Waals surface area contributed by atoms with Crippen molar-refractivity contribution < 1.29 is 0 Å². The zero-order valence-electron chi connectivity index (χ0n) is 11.6. The smallest absolute Gasteiger partial charge is 0.208 e. The molecule has 0 saturated carbocycles. The summed E-state index contributed by atoms with van der Waals surface area (Å²) in [4.78, 5) is 6.28. The van der Waals surface area contributed by atoms with E-state index in [4.69, 9.17) is 0 Å². The summed E-state index contributed by atoms with van der Waals surface area (Å²) in [6.07, 6.45) is 1.87. The second kappa shape index (κ2) is 5.05. The van der Waals surface area contributed by atoms with Crippen LogP contribution in [0.1, 0.15) is 0 Å². The van der Waals surface area contributed by atoms with Gasteiger partial charge in [-0.05, 0) is 17.5 Å². The van der Waals surface area contributed by atoms with Crippen molar-refractivity contribution in [2.45, 2.75) is 0 Å². The summed E-state index contributed by atoms with van der Waals surface area (Å²) in [5, 5.41) is 15.6. The van der Waals surface area contributed by atoms with E-state index in [1.54, 1.807) is 11.3 Å². The predicted molar refractivity (Wildman–Crippen MR) is 84.5 cm³/mol. The molecule has 0 amide bonds. The number of nitrogens with one attached hydrogen (secondary N) is 1. The maximum atomic E-state index is 4.31. The molecule has 2 heterocycles. The fourth-order valence-corrected chi connectivity index (χ4v) is 2.69. The topological polar surface area (TPSA) is 53.9 Å². The van der Waals surface area contributed by atoms with Gasteiger partial charge < -0.3 is 10.2 Å². The minimum absolute atomic E-state index is 0.862. The van der Waals surface area contributed by atoms with Crippen molar-refractivity contribution in [2.24, 2.45) is 0 Å². The van der Waals surface area contributed by atoms with Gasteiger partial charge in [0.2, 0.25) is 5.13 Å². The number of rotatable bonds is 3. The molecule has 20 heavy (non-hydrogen) atoms. The fourth-order valence-electron chi connectivity index (χ4n) is 1.92. The van der Waals surface area contributed by atoms with Crippen LogP contribution in [0, 0.1) is 0 Å². The molecule has 0 unspecified atom stereocenters. The Labute approximate surface area is 121 Å². The van der Waals surface area contributed by atoms with Crippen LogP contribution in [0.5, 0.6) is 0 Å². The molecule has 0 bridgehead atoms. The summed E-state index contributed by atoms with van der Waals surface area (Å²) in [5.41, 5.74) is 1.08. The molecule has 0 spiro atoms. The van der Waals surface area contributed by atoms with E-state index in [0.717, 1.165) is 32.3 Å². The highest BCUT2D eigenvalue weighted by Gasteiger charge is 2.08. The number of hydrogen-bond donors (Lipinski definition) is 1. The second-order valence-corrected chi connectivity index (χ2v) is 5.62. The number of fused-ring (bicyclic) bond motifs is 1. The van der Waals surface area contributed by atoms with Gasteiger partial charge in [0.25, 0.3) is 0 Å². The van der Waals surface area contributed by atoms with Crippen molar-refractivity contribution in [3.8, 4) is 10.6 Å². The molecule has 0 saturated heterocycles. The van der Waals surface area contributed by atoms with Crippen molar-refractivity contribution >= 4 is 33.1 Å². The average Bonchev–Trinajstić information content (AvgIpc) is 2.96. The highest BCUT2D eigenvalue weighted by atomic mass is 32.1. The molecule has 1 aromatic carbocycles. The van der Waals surface area contributed by atoms with Crippen LogP contribution in [-0.4, -0.2) is 36.3 Å². The number of benzene rings is 1. The van der Waals surface area contributed by atoms with Crippen LogP contribution in [0.2, 0.25) is 0 Å². The number of hydrogen-bond acceptors (Lipinski definition) is 6. The summed E-state index contributed by atoms with van der Waals surface area (Å²) in [5.74, 6) is 0.862. The minimum atomic E-state index is 0.862. The molecule has 2 aromatic heterocycles. The number of pyridine rings is 1. The van der Waals surface area contributed by atoms with Gasteiger partial charge in [-0.3, -0.25) is 0 Å². The van der Waals surface area contributed by atoms with E-state index in [1.807, 2.05) is 38.3 Å². The standard InChI is InChI=1S/C14H15N5S/c1-15-12-7-11-6-9(4-5-10(11)8-16-12)13-17-18-14(20-13)19(2)3/h4-8H,1-3H3,(H,15,16). The largest absolute Gasteiger partial charge is 0.373 e. The average molecular weight is 285 g/mol. The lowest BCUT2D eigenvalue weighted by Crippen LogP contribution is -2.07. The van der Waals surface area contributed by atoms with Crippen LogP contribution in [0.25, 0.3) is 21.3 Å². The Morgan fingerprint density at radius 1 is 1.10 bits per heavy atom. The first kappa shape index (κ1) is 12.8. The molecule has 1 N–H and O–H groups in total. The van der Waals surface area contributed by atoms with Crippen LogP contribution in [-0.2, 0) is 0 Å². The van der Waals surface area contributed by atoms with Gasteiger partial charge in [0.1, 0.15) is 10.8 Å². The highest BCUT2D eigenvalue weighted by Crippen LogP contribution is 2.30. The summed E-state index contributed by atoms with van der Waals surface area (Å²) in [6.45, 7) is 0. The third-order valence-corrected chi connectivity index (χ3v) is 4.16. The van der Waals surface area contributed by atoms with Crippen molar-refractivity contribution in [1.29, 1.82) is 0 Å². The number of aromatic nitrogens is 3. The number of nitrogens with zero attached hydrogens (tertiary/aromatic N) is 4. The highest BCUT2D eigenvalue weighted by molar-refractivity contribution is 7.18. The summed E-state index contributed by atoms with van der Waals surface area (Å²) in [7, 11) is 5.80. The van der Waals surface area contributed by atoms with Crippen molar-refractivity contribution in [3.63, 3.8) is 0 Å². The summed E-state index contributed by atoms with van der Waals surface area (Å²) < 4.78 is 0. The number of anilines is 2. The Balaban J connectivity index is 2.06. The molecule has 0 aliphatic rings. The first-order chi connectivity index (χ1) is 9.67. The van der Waals surface area contributed by atoms with Crippen LogP contribution in [0.3, 0.4) is 0 Å². The van der Waals surface area contributed by atoms with E-state index in [-0.39, 0.29) is 0 Å². The van der Waals surface area contributed by atoms with Crippen LogP contribution in [0.4, 0.5) is 10.9 Å². The van der Waals surface area contributed by atoms with Crippen LogP contribution >= 0.6 is 11.3 Å². The van der Waals surface area contributed by atoms with Gasteiger partial charge in [0.15, 0.2) is 0 Å². The molecule has 5 nitrogen and oxygen atoms in total. The molecule has 0 aliphatic carbocycles. The quantitative estimate of drug-likeness (QED) is 0.802. The van der Waals surface area contributed by atoms with E-state index < -0.39 is 0 Å². The van der Waals surface area contributed by atoms with E-state index in [9.17, 15) is 0 Å². The third kappa shape index (κ3) is 2.30. The van der Waals surface area contributed by atoms with E-state index >= 15 is 0 Å². The predicted octanol–water partition coefficient (Wildman–Crippen LogP) is 2.86. The normalized spacial score (nSPS) is 10.8. The lowest BCUT2D eigenvalue weighted by atomic mass is 10.1. The Hall–Kier alpha value is -2.21. The van der Waals surface area contributed by atoms with Gasteiger partial charge in [0, 0.05) is 38.3 Å². The van der Waals surface area contributed by atoms with Crippen LogP contribution in [0.15, 0.2) is 30.5 Å². The minimum Gasteiger partial charge on any atom is -0.373 e. The van der Waals surface area contributed by atoms with E-state index in [1.165, 1.54) is 0 Å². The zero-order chi connectivity index (χ0) is 14.1. The first-order valence-corrected chi connectivity index (χ1v) is 7.08. The SMILES string of the molecule is CNc1cc2cc(-c3nnc(N(C)C)s3)ccc2cn1. The Kier molecular flexibility index (Phi) is 3.23. The van der Waals surface area contributed by atoms with Gasteiger partial charge in [-0.25, -0.2) is 4.98 Å². The molecule has 3 aromatic rings. The van der Waals surface area contributed by atoms with Crippen molar-refractivity contribution in [2.75, 3.05) is 31.4 Å². The molecule has 0 radical (unpaired) electrons. The van der Waals surface area contributed by atoms with Gasteiger partial charge in [-0.1, -0.05) is 23.5 Å². The first-order valence-electron chi connectivity index (χ1n) is 6.26. The third-order valence-electron chi connectivity index (χ3n) is 3.02. The fraction of sp³-hybridized carbons (Fsp3) is 0.214. The van der Waals surface area contributed by atoms with E-state index in [0.29, 0.717) is 0 Å². The monoisotopic (exact) mass is 285 g/mol. The molecule has 0 atom stereocenters. The van der Waals surface area contributed by atoms with Gasteiger partial charge in [-0.2, -0.15) is 0 Å². The van der Waals surface area contributed by atoms with Gasteiger partial charge in [0.05, 0.1) is 0 Å². The molecular weight excluding hydrogens is 270 g/mol. The summed E-state index contributed by atoms with van der Waals surface area (Å²) >= 11 is 1.59. The Morgan fingerprint density at radius 2 is 1.95 bits per heavy atom. The molecule has 6 heteroatoms. The molecule has 102 valence electrons. The van der Waals surface area contributed by atoms with Gasteiger partial charge >= 0.3 is 0 Å². The second-order valence-electron chi connectivity index (χ2n) is 4.67. The lowest BCUT2D eigenvalue weighted by Gasteiger charge is -2.04. The van der Waals surface area contributed by atoms with E-state index in [2.05, 4.69) is 38.7 Å². The van der Waals surface area contributed by atoms with Crippen molar-refractivity contribution in [1.82, 2.24) is 15.2 Å². The maximum Gasteiger partial charge on any atom is 0.208 e. The molecular formula is C14H15N5S. The maximum absolute atomic E-state index is 4.31. The lowest BCUT2D eigenvalue weighted by molar-refractivity contribution is 1.02. The Bertz CT molecular complexity index is 750. The molecule has 0 fully saturated rings. The van der Waals surface area contributed by atoms with Gasteiger partial charge in [-0.15, -0.1) is 10.2 Å². The summed E-state index contributed by atoms with van der Waals surface area (Å²) in [6, 6.07) is 8.28.